The predicted octanol–water partition coefficient (Wildman–Crippen LogP) is 5.08. The van der Waals surface area contributed by atoms with Gasteiger partial charge in [-0.2, -0.15) is 0 Å². The molecule has 0 fully saturated rings. The van der Waals surface area contributed by atoms with Crippen LogP contribution in [0.25, 0.3) is 0 Å². The van der Waals surface area contributed by atoms with Gasteiger partial charge in [-0.15, -0.1) is 0 Å². The van der Waals surface area contributed by atoms with Crippen molar-refractivity contribution < 1.29 is 9.21 Å². The summed E-state index contributed by atoms with van der Waals surface area (Å²) in [5.74, 6) is 0.702. The molecule has 1 aromatic heterocycles. The highest BCUT2D eigenvalue weighted by Gasteiger charge is 2.17. The second-order valence-corrected chi connectivity index (χ2v) is 6.17. The fraction of sp³-hybridized carbons (Fsp3) is 0.150. The van der Waals surface area contributed by atoms with Crippen LogP contribution in [0.4, 0.5) is 0 Å². The van der Waals surface area contributed by atoms with Crippen molar-refractivity contribution in [2.75, 3.05) is 0 Å². The maximum Gasteiger partial charge on any atom is 0.254 e. The van der Waals surface area contributed by atoms with Crippen molar-refractivity contribution in [3.8, 4) is 0 Å². The van der Waals surface area contributed by atoms with Crippen LogP contribution in [-0.4, -0.2) is 10.8 Å². The number of carbonyl (C=O) groups is 1. The summed E-state index contributed by atoms with van der Waals surface area (Å²) >= 11 is 5.92. The van der Waals surface area contributed by atoms with Crippen LogP contribution in [-0.2, 0) is 13.1 Å². The van der Waals surface area contributed by atoms with E-state index in [1.165, 1.54) is 5.56 Å². The smallest absolute Gasteiger partial charge is 0.254 e. The van der Waals surface area contributed by atoms with Crippen molar-refractivity contribution >= 4 is 17.5 Å². The fourth-order valence-electron chi connectivity index (χ4n) is 2.48. The Morgan fingerprint density at radius 2 is 1.71 bits per heavy atom. The maximum absolute atomic E-state index is 12.9. The molecule has 1 heterocycles. The lowest BCUT2D eigenvalue weighted by Gasteiger charge is -2.22. The first kappa shape index (κ1) is 16.3. The van der Waals surface area contributed by atoms with Gasteiger partial charge in [-0.25, -0.2) is 0 Å². The number of aryl methyl sites for hydroxylation is 1. The Morgan fingerprint density at radius 3 is 2.33 bits per heavy atom. The number of rotatable bonds is 5. The molecule has 0 unspecified atom stereocenters. The van der Waals surface area contributed by atoms with Gasteiger partial charge in [-0.05, 0) is 48.9 Å². The van der Waals surface area contributed by atoms with Crippen LogP contribution in [0.2, 0.25) is 5.02 Å². The Hall–Kier alpha value is -2.52. The minimum atomic E-state index is -0.0522. The lowest BCUT2D eigenvalue weighted by Crippen LogP contribution is -2.30. The topological polar surface area (TPSA) is 33.5 Å². The van der Waals surface area contributed by atoms with Crippen molar-refractivity contribution in [3.63, 3.8) is 0 Å². The van der Waals surface area contributed by atoms with Gasteiger partial charge in [0.1, 0.15) is 5.76 Å². The van der Waals surface area contributed by atoms with Crippen LogP contribution in [0.15, 0.2) is 71.3 Å². The predicted molar refractivity (Wildman–Crippen MR) is 94.9 cm³/mol. The summed E-state index contributed by atoms with van der Waals surface area (Å²) in [4.78, 5) is 14.7. The number of furan rings is 1. The zero-order valence-corrected chi connectivity index (χ0v) is 14.2. The van der Waals surface area contributed by atoms with E-state index < -0.39 is 0 Å². The van der Waals surface area contributed by atoms with Crippen LogP contribution < -0.4 is 0 Å². The van der Waals surface area contributed by atoms with Gasteiger partial charge in [-0.1, -0.05) is 41.4 Å². The number of halogens is 1. The Bertz CT molecular complexity index is 793. The van der Waals surface area contributed by atoms with Crippen LogP contribution in [0.5, 0.6) is 0 Å². The second kappa shape index (κ2) is 7.37. The first-order valence-electron chi connectivity index (χ1n) is 7.74. The van der Waals surface area contributed by atoms with E-state index in [0.717, 1.165) is 11.3 Å². The van der Waals surface area contributed by atoms with Crippen molar-refractivity contribution in [3.05, 3.63) is 94.4 Å². The fourth-order valence-corrected chi connectivity index (χ4v) is 2.61. The van der Waals surface area contributed by atoms with E-state index >= 15 is 0 Å². The molecule has 4 heteroatoms. The SMILES string of the molecule is Cc1ccc(CN(Cc2ccco2)C(=O)c2ccc(Cl)cc2)cc1. The van der Waals surface area contributed by atoms with Gasteiger partial charge in [0.05, 0.1) is 12.8 Å². The molecule has 0 saturated carbocycles. The number of carbonyl (C=O) groups excluding carboxylic acids is 1. The molecule has 0 N–H and O–H groups in total. The summed E-state index contributed by atoms with van der Waals surface area (Å²) < 4.78 is 5.41. The normalized spacial score (nSPS) is 10.6. The highest BCUT2D eigenvalue weighted by Crippen LogP contribution is 2.17. The maximum atomic E-state index is 12.9. The summed E-state index contributed by atoms with van der Waals surface area (Å²) in [6.07, 6.45) is 1.62. The van der Waals surface area contributed by atoms with Gasteiger partial charge in [0.25, 0.3) is 5.91 Å². The van der Waals surface area contributed by atoms with Gasteiger partial charge < -0.3 is 9.32 Å². The molecule has 24 heavy (non-hydrogen) atoms. The zero-order valence-electron chi connectivity index (χ0n) is 13.4. The Kier molecular flexibility index (Phi) is 5.02. The van der Waals surface area contributed by atoms with Gasteiger partial charge >= 0.3 is 0 Å². The van der Waals surface area contributed by atoms with Gasteiger partial charge in [0.15, 0.2) is 0 Å². The number of hydrogen-bond acceptors (Lipinski definition) is 2. The van der Waals surface area contributed by atoms with Crippen LogP contribution in [0.1, 0.15) is 27.2 Å². The lowest BCUT2D eigenvalue weighted by atomic mass is 10.1. The molecule has 3 rings (SSSR count). The first-order valence-corrected chi connectivity index (χ1v) is 8.12. The van der Waals surface area contributed by atoms with E-state index in [-0.39, 0.29) is 5.91 Å². The molecule has 0 aliphatic carbocycles. The molecule has 0 aliphatic heterocycles. The molecule has 0 saturated heterocycles. The third-order valence-corrected chi connectivity index (χ3v) is 4.05. The van der Waals surface area contributed by atoms with E-state index in [9.17, 15) is 4.79 Å². The molecule has 0 atom stereocenters. The van der Waals surface area contributed by atoms with Gasteiger partial charge in [-0.3, -0.25) is 4.79 Å². The van der Waals surface area contributed by atoms with E-state index in [1.807, 2.05) is 43.3 Å². The molecular formula is C20H18ClNO2. The Balaban J connectivity index is 1.84. The third kappa shape index (κ3) is 4.06. The number of hydrogen-bond donors (Lipinski definition) is 0. The van der Waals surface area contributed by atoms with Crippen molar-refractivity contribution in [2.45, 2.75) is 20.0 Å². The molecule has 0 radical (unpaired) electrons. The quantitative estimate of drug-likeness (QED) is 0.649. The number of nitrogens with zero attached hydrogens (tertiary/aromatic N) is 1. The molecule has 2 aromatic carbocycles. The Morgan fingerprint density at radius 1 is 1.00 bits per heavy atom. The molecule has 0 aliphatic rings. The molecule has 3 aromatic rings. The van der Waals surface area contributed by atoms with Gasteiger partial charge in [0.2, 0.25) is 0 Å². The van der Waals surface area contributed by atoms with Gasteiger partial charge in [0, 0.05) is 17.1 Å². The van der Waals surface area contributed by atoms with E-state index in [2.05, 4.69) is 0 Å². The first-order chi connectivity index (χ1) is 11.6. The van der Waals surface area contributed by atoms with Crippen molar-refractivity contribution in [1.82, 2.24) is 4.90 Å². The number of benzene rings is 2. The average molecular weight is 340 g/mol. The summed E-state index contributed by atoms with van der Waals surface area (Å²) in [7, 11) is 0. The van der Waals surface area contributed by atoms with E-state index in [0.29, 0.717) is 23.7 Å². The summed E-state index contributed by atoms with van der Waals surface area (Å²) in [6, 6.07) is 18.8. The minimum Gasteiger partial charge on any atom is -0.467 e. The standard InChI is InChI=1S/C20H18ClNO2/c1-15-4-6-16(7-5-15)13-22(14-19-3-2-12-24-19)20(23)17-8-10-18(21)11-9-17/h2-12H,13-14H2,1H3. The molecule has 0 spiro atoms. The molecule has 1 amide bonds. The summed E-state index contributed by atoms with van der Waals surface area (Å²) in [5, 5.41) is 0.614. The van der Waals surface area contributed by atoms with Crippen molar-refractivity contribution in [2.24, 2.45) is 0 Å². The molecule has 3 nitrogen and oxygen atoms in total. The minimum absolute atomic E-state index is 0.0522. The zero-order chi connectivity index (χ0) is 16.9. The molecule has 122 valence electrons. The van der Waals surface area contributed by atoms with Crippen LogP contribution >= 0.6 is 11.6 Å². The van der Waals surface area contributed by atoms with E-state index in [4.69, 9.17) is 16.0 Å². The monoisotopic (exact) mass is 339 g/mol. The van der Waals surface area contributed by atoms with Crippen LogP contribution in [0.3, 0.4) is 0 Å². The summed E-state index contributed by atoms with van der Waals surface area (Å²) in [6.45, 7) is 2.98. The third-order valence-electron chi connectivity index (χ3n) is 3.80. The lowest BCUT2D eigenvalue weighted by molar-refractivity contribution is 0.0717. The highest BCUT2D eigenvalue weighted by atomic mass is 35.5. The summed E-state index contributed by atoms with van der Waals surface area (Å²) in [5.41, 5.74) is 2.88. The highest BCUT2D eigenvalue weighted by molar-refractivity contribution is 6.30. The molecular weight excluding hydrogens is 322 g/mol. The van der Waals surface area contributed by atoms with Crippen molar-refractivity contribution in [1.29, 1.82) is 0 Å². The van der Waals surface area contributed by atoms with Crippen LogP contribution in [0, 0.1) is 6.92 Å². The molecule has 0 bridgehead atoms. The second-order valence-electron chi connectivity index (χ2n) is 5.73. The average Bonchev–Trinajstić information content (AvgIpc) is 3.09. The largest absolute Gasteiger partial charge is 0.467 e. The Labute approximate surface area is 146 Å². The number of amides is 1. The van der Waals surface area contributed by atoms with E-state index in [1.54, 1.807) is 35.4 Å².